The lowest BCUT2D eigenvalue weighted by atomic mass is 10.1. The van der Waals surface area contributed by atoms with Gasteiger partial charge in [-0.15, -0.1) is 12.4 Å². The fourth-order valence-corrected chi connectivity index (χ4v) is 1.01. The largest absolute Gasteiger partial charge is 0.508 e. The van der Waals surface area contributed by atoms with Crippen LogP contribution < -0.4 is 5.73 Å². The van der Waals surface area contributed by atoms with Crippen LogP contribution in [-0.2, 0) is 0 Å². The minimum absolute atomic E-state index is 0. The standard InChI is InChI=1S/C9H12FNO.ClH/c10-6-5-9(11)7-1-3-8(12)4-2-7;/h1-4,9,12H,5-6,11H2;1H/t9-;/m1./s1. The van der Waals surface area contributed by atoms with Gasteiger partial charge in [-0.3, -0.25) is 4.39 Å². The number of alkyl halides is 1. The molecule has 0 spiro atoms. The SMILES string of the molecule is Cl.N[C@H](CCF)c1ccc(O)cc1. The maximum Gasteiger partial charge on any atom is 0.115 e. The topological polar surface area (TPSA) is 46.2 Å². The highest BCUT2D eigenvalue weighted by atomic mass is 35.5. The first kappa shape index (κ1) is 12.2. The molecule has 0 fully saturated rings. The van der Waals surface area contributed by atoms with E-state index in [1.165, 1.54) is 0 Å². The second-order valence-corrected chi connectivity index (χ2v) is 2.68. The van der Waals surface area contributed by atoms with E-state index in [0.29, 0.717) is 6.42 Å². The number of hydrogen-bond acceptors (Lipinski definition) is 2. The van der Waals surface area contributed by atoms with E-state index in [-0.39, 0.29) is 24.2 Å². The van der Waals surface area contributed by atoms with Crippen molar-refractivity contribution < 1.29 is 9.50 Å². The molecule has 74 valence electrons. The predicted octanol–water partition coefficient (Wildman–Crippen LogP) is 2.17. The minimum Gasteiger partial charge on any atom is -0.508 e. The highest BCUT2D eigenvalue weighted by Crippen LogP contribution is 2.17. The van der Waals surface area contributed by atoms with Gasteiger partial charge in [0.15, 0.2) is 0 Å². The van der Waals surface area contributed by atoms with Crippen molar-refractivity contribution >= 4 is 12.4 Å². The van der Waals surface area contributed by atoms with Crippen LogP contribution in [0.2, 0.25) is 0 Å². The van der Waals surface area contributed by atoms with Gasteiger partial charge in [-0.2, -0.15) is 0 Å². The van der Waals surface area contributed by atoms with Gasteiger partial charge in [-0.25, -0.2) is 0 Å². The van der Waals surface area contributed by atoms with Crippen molar-refractivity contribution in [1.29, 1.82) is 0 Å². The Balaban J connectivity index is 0.00000144. The van der Waals surface area contributed by atoms with Gasteiger partial charge < -0.3 is 10.8 Å². The molecule has 0 bridgehead atoms. The summed E-state index contributed by atoms with van der Waals surface area (Å²) in [5.41, 5.74) is 6.49. The molecule has 1 rings (SSSR count). The van der Waals surface area contributed by atoms with Crippen LogP contribution in [0, 0.1) is 0 Å². The molecule has 0 amide bonds. The summed E-state index contributed by atoms with van der Waals surface area (Å²) in [5.74, 6) is 0.200. The number of phenolic OH excluding ortho intramolecular Hbond substituents is 1. The third-order valence-electron chi connectivity index (χ3n) is 1.74. The second-order valence-electron chi connectivity index (χ2n) is 2.68. The maximum atomic E-state index is 11.9. The summed E-state index contributed by atoms with van der Waals surface area (Å²) in [4.78, 5) is 0. The van der Waals surface area contributed by atoms with Crippen LogP contribution in [0.15, 0.2) is 24.3 Å². The van der Waals surface area contributed by atoms with Gasteiger partial charge in [-0.1, -0.05) is 12.1 Å². The van der Waals surface area contributed by atoms with Crippen LogP contribution >= 0.6 is 12.4 Å². The van der Waals surface area contributed by atoms with E-state index in [9.17, 15) is 4.39 Å². The molecule has 0 unspecified atom stereocenters. The molecule has 0 saturated heterocycles. The van der Waals surface area contributed by atoms with Gasteiger partial charge in [0.2, 0.25) is 0 Å². The molecular weight excluding hydrogens is 193 g/mol. The Bertz CT molecular complexity index is 240. The molecule has 0 heterocycles. The molecule has 0 saturated carbocycles. The third-order valence-corrected chi connectivity index (χ3v) is 1.74. The van der Waals surface area contributed by atoms with Crippen LogP contribution in [0.1, 0.15) is 18.0 Å². The van der Waals surface area contributed by atoms with Gasteiger partial charge in [0.05, 0.1) is 6.67 Å². The summed E-state index contributed by atoms with van der Waals surface area (Å²) in [6, 6.07) is 6.24. The maximum absolute atomic E-state index is 11.9. The van der Waals surface area contributed by atoms with Crippen molar-refractivity contribution in [2.24, 2.45) is 5.73 Å². The first-order valence-corrected chi connectivity index (χ1v) is 3.84. The Labute approximate surface area is 83.0 Å². The zero-order valence-corrected chi connectivity index (χ0v) is 7.93. The zero-order valence-electron chi connectivity index (χ0n) is 7.11. The lowest BCUT2D eigenvalue weighted by Crippen LogP contribution is -2.10. The Morgan fingerprint density at radius 3 is 2.31 bits per heavy atom. The highest BCUT2D eigenvalue weighted by Gasteiger charge is 2.04. The average molecular weight is 206 g/mol. The molecule has 3 N–H and O–H groups in total. The molecule has 1 atom stereocenters. The fraction of sp³-hybridized carbons (Fsp3) is 0.333. The number of halogens is 2. The van der Waals surface area contributed by atoms with E-state index < -0.39 is 6.67 Å². The first-order valence-electron chi connectivity index (χ1n) is 3.84. The van der Waals surface area contributed by atoms with Crippen LogP contribution in [0.5, 0.6) is 5.75 Å². The normalized spacial score (nSPS) is 11.8. The molecule has 4 heteroatoms. The van der Waals surface area contributed by atoms with Gasteiger partial charge in [0, 0.05) is 6.04 Å². The summed E-state index contributed by atoms with van der Waals surface area (Å²) in [5, 5.41) is 8.95. The van der Waals surface area contributed by atoms with Crippen LogP contribution in [0.3, 0.4) is 0 Å². The zero-order chi connectivity index (χ0) is 8.97. The summed E-state index contributed by atoms with van der Waals surface area (Å²) >= 11 is 0. The first-order chi connectivity index (χ1) is 5.74. The molecule has 1 aromatic rings. The number of nitrogens with two attached hydrogens (primary N) is 1. The predicted molar refractivity (Wildman–Crippen MR) is 52.9 cm³/mol. The Morgan fingerprint density at radius 1 is 1.31 bits per heavy atom. The van der Waals surface area contributed by atoms with E-state index in [0.717, 1.165) is 5.56 Å². The van der Waals surface area contributed by atoms with Crippen LogP contribution in [0.25, 0.3) is 0 Å². The third kappa shape index (κ3) is 3.61. The van der Waals surface area contributed by atoms with Crippen molar-refractivity contribution in [2.45, 2.75) is 12.5 Å². The van der Waals surface area contributed by atoms with Crippen molar-refractivity contribution in [1.82, 2.24) is 0 Å². The highest BCUT2D eigenvalue weighted by molar-refractivity contribution is 5.85. The molecule has 0 radical (unpaired) electrons. The molecule has 13 heavy (non-hydrogen) atoms. The summed E-state index contributed by atoms with van der Waals surface area (Å²) in [6.07, 6.45) is 0.324. The van der Waals surface area contributed by atoms with Gasteiger partial charge in [0.1, 0.15) is 5.75 Å². The van der Waals surface area contributed by atoms with Crippen molar-refractivity contribution in [3.8, 4) is 5.75 Å². The molecule has 0 aliphatic carbocycles. The smallest absolute Gasteiger partial charge is 0.115 e. The lowest BCUT2D eigenvalue weighted by molar-refractivity contribution is 0.441. The number of aromatic hydroxyl groups is 1. The number of hydrogen-bond donors (Lipinski definition) is 2. The molecule has 0 aromatic heterocycles. The van der Waals surface area contributed by atoms with Gasteiger partial charge in [0.25, 0.3) is 0 Å². The number of phenols is 1. The molecule has 2 nitrogen and oxygen atoms in total. The molecule has 0 aliphatic heterocycles. The summed E-state index contributed by atoms with van der Waals surface area (Å²) in [7, 11) is 0. The van der Waals surface area contributed by atoms with Crippen LogP contribution in [0.4, 0.5) is 4.39 Å². The van der Waals surface area contributed by atoms with Crippen LogP contribution in [-0.4, -0.2) is 11.8 Å². The fourth-order valence-electron chi connectivity index (χ4n) is 1.01. The van der Waals surface area contributed by atoms with Gasteiger partial charge in [-0.05, 0) is 24.1 Å². The van der Waals surface area contributed by atoms with Crippen molar-refractivity contribution in [2.75, 3.05) is 6.67 Å². The van der Waals surface area contributed by atoms with Crippen molar-refractivity contribution in [3.63, 3.8) is 0 Å². The quantitative estimate of drug-likeness (QED) is 0.795. The monoisotopic (exact) mass is 205 g/mol. The molecular formula is C9H13ClFNO. The van der Waals surface area contributed by atoms with E-state index in [1.807, 2.05) is 0 Å². The van der Waals surface area contributed by atoms with E-state index >= 15 is 0 Å². The summed E-state index contributed by atoms with van der Waals surface area (Å²) in [6.45, 7) is -0.415. The Kier molecular flexibility index (Phi) is 5.42. The minimum atomic E-state index is -0.415. The molecule has 0 aliphatic rings. The molecule has 1 aromatic carbocycles. The lowest BCUT2D eigenvalue weighted by Gasteiger charge is -2.08. The average Bonchev–Trinajstić information content (AvgIpc) is 2.06. The Morgan fingerprint density at radius 2 is 1.85 bits per heavy atom. The second kappa shape index (κ2) is 5.78. The van der Waals surface area contributed by atoms with E-state index in [2.05, 4.69) is 0 Å². The van der Waals surface area contributed by atoms with Crippen molar-refractivity contribution in [3.05, 3.63) is 29.8 Å². The summed E-state index contributed by atoms with van der Waals surface area (Å²) < 4.78 is 11.9. The number of benzene rings is 1. The van der Waals surface area contributed by atoms with E-state index in [1.54, 1.807) is 24.3 Å². The van der Waals surface area contributed by atoms with Gasteiger partial charge >= 0.3 is 0 Å². The number of rotatable bonds is 3. The van der Waals surface area contributed by atoms with E-state index in [4.69, 9.17) is 10.8 Å². The Hall–Kier alpha value is -0.800.